The Kier molecular flexibility index (Phi) is 5.25. The van der Waals surface area contributed by atoms with Gasteiger partial charge < -0.3 is 9.47 Å². The van der Waals surface area contributed by atoms with E-state index in [-0.39, 0.29) is 27.9 Å². The number of halogens is 1. The molecule has 0 aliphatic rings. The number of carbonyl (C=O) groups excluding carboxylic acids is 1. The van der Waals surface area contributed by atoms with Gasteiger partial charge in [-0.1, -0.05) is 17.7 Å². The molecule has 0 aliphatic carbocycles. The molecule has 3 heterocycles. The van der Waals surface area contributed by atoms with Crippen molar-refractivity contribution >= 4 is 39.3 Å². The number of nitrogens with one attached hydrogen (secondary N) is 2. The van der Waals surface area contributed by atoms with E-state index in [1.165, 1.54) is 30.9 Å². The largest absolute Gasteiger partial charge is 0.481 e. The predicted octanol–water partition coefficient (Wildman–Crippen LogP) is 1.61. The molecule has 0 unspecified atom stereocenters. The third-order valence-electron chi connectivity index (χ3n) is 3.57. The van der Waals surface area contributed by atoms with Crippen LogP contribution in [0.4, 0.5) is 10.7 Å². The van der Waals surface area contributed by atoms with E-state index < -0.39 is 16.1 Å². The molecule has 2 amide bonds. The summed E-state index contributed by atoms with van der Waals surface area (Å²) in [6.45, 7) is 1.75. The number of urea groups is 1. The summed E-state index contributed by atoms with van der Waals surface area (Å²) in [4.78, 5) is 24.0. The van der Waals surface area contributed by atoms with Crippen molar-refractivity contribution in [3.05, 3.63) is 35.1 Å². The number of sulfonamides is 1. The molecular weight excluding hydrogens is 412 g/mol. The molecule has 0 spiro atoms. The Bertz CT molecular complexity index is 1140. The number of carbonyl (C=O) groups is 1. The number of hydrogen-bond donors (Lipinski definition) is 2. The van der Waals surface area contributed by atoms with Crippen molar-refractivity contribution in [3.8, 4) is 11.8 Å². The minimum atomic E-state index is -4.35. The van der Waals surface area contributed by atoms with Crippen LogP contribution in [-0.2, 0) is 10.0 Å². The van der Waals surface area contributed by atoms with Gasteiger partial charge in [0.05, 0.1) is 20.3 Å². The molecule has 3 rings (SSSR count). The number of rotatable bonds is 5. The average molecular weight is 427 g/mol. The second-order valence-electron chi connectivity index (χ2n) is 5.43. The monoisotopic (exact) mass is 426 g/mol. The van der Waals surface area contributed by atoms with Gasteiger partial charge in [0.2, 0.25) is 17.7 Å². The lowest BCUT2D eigenvalue weighted by Crippen LogP contribution is -2.35. The van der Waals surface area contributed by atoms with Crippen molar-refractivity contribution in [2.45, 2.75) is 11.9 Å². The van der Waals surface area contributed by atoms with E-state index in [4.69, 9.17) is 21.1 Å². The number of fused-ring (bicyclic) bond motifs is 1. The fraction of sp³-hybridized carbons (Fsp3) is 0.200. The maximum absolute atomic E-state index is 12.7. The molecule has 0 fully saturated rings. The molecule has 0 radical (unpaired) electrons. The van der Waals surface area contributed by atoms with Gasteiger partial charge >= 0.3 is 6.03 Å². The molecule has 0 saturated carbocycles. The first-order valence-corrected chi connectivity index (χ1v) is 9.55. The average Bonchev–Trinajstić information content (AvgIpc) is 2.99. The molecule has 11 nitrogen and oxygen atoms in total. The SMILES string of the molecule is COc1cc(OC)nc(NC(=O)NS(=O)(=O)c2c(Cl)nc3c(C)cccn23)n1. The number of aryl methyl sites for hydroxylation is 1. The number of nitrogens with zero attached hydrogens (tertiary/aromatic N) is 4. The maximum Gasteiger partial charge on any atom is 0.335 e. The first-order valence-electron chi connectivity index (χ1n) is 7.69. The molecular formula is C15H15ClN6O5S. The second kappa shape index (κ2) is 7.48. The summed E-state index contributed by atoms with van der Waals surface area (Å²) in [5.41, 5.74) is 1.07. The summed E-state index contributed by atoms with van der Waals surface area (Å²) in [5, 5.41) is 1.57. The fourth-order valence-electron chi connectivity index (χ4n) is 2.36. The van der Waals surface area contributed by atoms with Crippen LogP contribution in [0.3, 0.4) is 0 Å². The molecule has 2 N–H and O–H groups in total. The summed E-state index contributed by atoms with van der Waals surface area (Å²) in [7, 11) is -1.62. The van der Waals surface area contributed by atoms with Crippen LogP contribution in [0.15, 0.2) is 29.4 Å². The number of anilines is 1. The van der Waals surface area contributed by atoms with Crippen LogP contribution in [0.2, 0.25) is 5.15 Å². The van der Waals surface area contributed by atoms with Crippen molar-refractivity contribution in [2.24, 2.45) is 0 Å². The number of amides is 2. The van der Waals surface area contributed by atoms with Crippen molar-refractivity contribution in [1.29, 1.82) is 0 Å². The van der Waals surface area contributed by atoms with Gasteiger partial charge in [0.1, 0.15) is 5.65 Å². The number of aromatic nitrogens is 4. The second-order valence-corrected chi connectivity index (χ2v) is 7.38. The molecule has 148 valence electrons. The first kappa shape index (κ1) is 19.6. The summed E-state index contributed by atoms with van der Waals surface area (Å²) < 4.78 is 38.4. The third-order valence-corrected chi connectivity index (χ3v) is 5.29. The maximum atomic E-state index is 12.7. The Morgan fingerprint density at radius 3 is 2.43 bits per heavy atom. The first-order chi connectivity index (χ1) is 13.2. The van der Waals surface area contributed by atoms with Crippen LogP contribution in [0.25, 0.3) is 5.65 Å². The van der Waals surface area contributed by atoms with Crippen LogP contribution in [0, 0.1) is 6.92 Å². The summed E-state index contributed by atoms with van der Waals surface area (Å²) in [5.74, 6) is 0.0135. The van der Waals surface area contributed by atoms with Gasteiger partial charge in [-0.3, -0.25) is 9.72 Å². The fourth-order valence-corrected chi connectivity index (χ4v) is 3.90. The number of ether oxygens (including phenoxy) is 2. The van der Waals surface area contributed by atoms with Crippen LogP contribution >= 0.6 is 11.6 Å². The van der Waals surface area contributed by atoms with Crippen molar-refractivity contribution in [1.82, 2.24) is 24.1 Å². The quantitative estimate of drug-likeness (QED) is 0.627. The zero-order chi connectivity index (χ0) is 20.5. The van der Waals surface area contributed by atoms with E-state index in [0.29, 0.717) is 11.2 Å². The van der Waals surface area contributed by atoms with Crippen molar-refractivity contribution < 1.29 is 22.7 Å². The Morgan fingerprint density at radius 1 is 1.18 bits per heavy atom. The Labute approximate surface area is 164 Å². The molecule has 0 saturated heterocycles. The summed E-state index contributed by atoms with van der Waals surface area (Å²) in [6, 6.07) is 3.67. The van der Waals surface area contributed by atoms with E-state index in [1.807, 2.05) is 4.72 Å². The van der Waals surface area contributed by atoms with Crippen molar-refractivity contribution in [2.75, 3.05) is 19.5 Å². The molecule has 0 aromatic carbocycles. The van der Waals surface area contributed by atoms with Crippen LogP contribution in [0.5, 0.6) is 11.8 Å². The highest BCUT2D eigenvalue weighted by Crippen LogP contribution is 2.24. The van der Waals surface area contributed by atoms with Gasteiger partial charge in [-0.05, 0) is 18.6 Å². The number of methoxy groups -OCH3 is 2. The molecule has 3 aromatic heterocycles. The number of hydrogen-bond acceptors (Lipinski definition) is 8. The Morgan fingerprint density at radius 2 is 1.82 bits per heavy atom. The zero-order valence-corrected chi connectivity index (χ0v) is 16.5. The minimum Gasteiger partial charge on any atom is -0.481 e. The third kappa shape index (κ3) is 3.77. The minimum absolute atomic E-state index is 0.116. The van der Waals surface area contributed by atoms with Crippen LogP contribution in [-0.4, -0.2) is 48.0 Å². The van der Waals surface area contributed by atoms with E-state index in [0.717, 1.165) is 0 Å². The Balaban J connectivity index is 1.88. The van der Waals surface area contributed by atoms with Crippen molar-refractivity contribution in [3.63, 3.8) is 0 Å². The van der Waals surface area contributed by atoms with E-state index in [2.05, 4.69) is 20.3 Å². The van der Waals surface area contributed by atoms with E-state index in [9.17, 15) is 13.2 Å². The smallest absolute Gasteiger partial charge is 0.335 e. The highest BCUT2D eigenvalue weighted by Gasteiger charge is 2.27. The van der Waals surface area contributed by atoms with Gasteiger partial charge in [0.15, 0.2) is 10.2 Å². The highest BCUT2D eigenvalue weighted by molar-refractivity contribution is 7.90. The number of pyridine rings is 1. The van der Waals surface area contributed by atoms with Gasteiger partial charge in [-0.15, -0.1) is 0 Å². The van der Waals surface area contributed by atoms with Gasteiger partial charge in [-0.25, -0.2) is 14.5 Å². The lowest BCUT2D eigenvalue weighted by molar-refractivity contribution is 0.256. The topological polar surface area (TPSA) is 137 Å². The molecule has 0 aliphatic heterocycles. The standard InChI is InChI=1S/C15H15ClN6O5S/c1-8-5-4-6-22-12(8)19-11(16)13(22)28(24,25)21-15(23)20-14-17-9(26-2)7-10(18-14)27-3/h4-7H,1-3H3,(H2,17,18,20,21,23). The van der Waals surface area contributed by atoms with E-state index >= 15 is 0 Å². The van der Waals surface area contributed by atoms with Gasteiger partial charge in [0.25, 0.3) is 10.0 Å². The number of imidazole rings is 1. The van der Waals surface area contributed by atoms with Crippen LogP contribution in [0.1, 0.15) is 5.56 Å². The molecule has 28 heavy (non-hydrogen) atoms. The highest BCUT2D eigenvalue weighted by atomic mass is 35.5. The molecule has 3 aromatic rings. The van der Waals surface area contributed by atoms with Crippen LogP contribution < -0.4 is 19.5 Å². The van der Waals surface area contributed by atoms with Gasteiger partial charge in [0, 0.05) is 6.20 Å². The van der Waals surface area contributed by atoms with Gasteiger partial charge in [-0.2, -0.15) is 18.4 Å². The molecule has 0 bridgehead atoms. The molecule has 0 atom stereocenters. The lowest BCUT2D eigenvalue weighted by atomic mass is 10.3. The zero-order valence-electron chi connectivity index (χ0n) is 14.9. The normalized spacial score (nSPS) is 11.3. The lowest BCUT2D eigenvalue weighted by Gasteiger charge is -2.09. The molecule has 13 heteroatoms. The van der Waals surface area contributed by atoms with E-state index in [1.54, 1.807) is 19.1 Å². The summed E-state index contributed by atoms with van der Waals surface area (Å²) >= 11 is 6.01. The predicted molar refractivity (Wildman–Crippen MR) is 99.4 cm³/mol. The summed E-state index contributed by atoms with van der Waals surface area (Å²) in [6.07, 6.45) is 1.48. The Hall–Kier alpha value is -3.12.